The van der Waals surface area contributed by atoms with Gasteiger partial charge < -0.3 is 10.2 Å². The molecule has 3 rings (SSSR count). The number of nitrogens with zero attached hydrogens (tertiary/aromatic N) is 4. The topological polar surface area (TPSA) is 53.9 Å². The van der Waals surface area contributed by atoms with Crippen molar-refractivity contribution in [1.82, 2.24) is 15.0 Å². The lowest BCUT2D eigenvalue weighted by atomic mass is 9.68. The Morgan fingerprint density at radius 2 is 1.76 bits per heavy atom. The second kappa shape index (κ2) is 6.34. The third-order valence-corrected chi connectivity index (χ3v) is 5.12. The van der Waals surface area contributed by atoms with Gasteiger partial charge in [0.1, 0.15) is 0 Å². The minimum Gasteiger partial charge on any atom is -0.354 e. The predicted octanol–water partition coefficient (Wildman–Crippen LogP) is 3.51. The third kappa shape index (κ3) is 3.39. The van der Waals surface area contributed by atoms with Crippen molar-refractivity contribution in [3.8, 4) is 0 Å². The maximum absolute atomic E-state index is 6.02. The summed E-state index contributed by atoms with van der Waals surface area (Å²) in [4.78, 5) is 15.2. The first-order valence-corrected chi connectivity index (χ1v) is 8.49. The van der Waals surface area contributed by atoms with Crippen LogP contribution in [0.25, 0.3) is 0 Å². The lowest BCUT2D eigenvalue weighted by molar-refractivity contribution is 0.144. The van der Waals surface area contributed by atoms with Gasteiger partial charge in [0, 0.05) is 19.6 Å². The Bertz CT molecular complexity index is 477. The van der Waals surface area contributed by atoms with Crippen LogP contribution < -0.4 is 10.2 Å². The number of nitrogens with one attached hydrogen (secondary N) is 1. The highest BCUT2D eigenvalue weighted by atomic mass is 35.5. The van der Waals surface area contributed by atoms with Crippen LogP contribution in [-0.4, -0.2) is 34.6 Å². The second-order valence-corrected chi connectivity index (χ2v) is 6.64. The summed E-state index contributed by atoms with van der Waals surface area (Å²) in [5.41, 5.74) is 0.593. The summed E-state index contributed by atoms with van der Waals surface area (Å²) in [6, 6.07) is 0. The van der Waals surface area contributed by atoms with Crippen molar-refractivity contribution in [1.29, 1.82) is 0 Å². The molecule has 0 aromatic carbocycles. The van der Waals surface area contributed by atoms with E-state index < -0.39 is 0 Å². The monoisotopic (exact) mass is 309 g/mol. The van der Waals surface area contributed by atoms with Crippen LogP contribution in [0.3, 0.4) is 0 Å². The third-order valence-electron chi connectivity index (χ3n) is 4.95. The number of anilines is 2. The zero-order valence-electron chi connectivity index (χ0n) is 12.7. The highest BCUT2D eigenvalue weighted by Crippen LogP contribution is 2.44. The van der Waals surface area contributed by atoms with Crippen molar-refractivity contribution in [3.63, 3.8) is 0 Å². The molecule has 1 aromatic rings. The van der Waals surface area contributed by atoms with Gasteiger partial charge in [-0.05, 0) is 49.6 Å². The van der Waals surface area contributed by atoms with E-state index >= 15 is 0 Å². The number of piperidine rings is 1. The van der Waals surface area contributed by atoms with E-state index in [1.165, 1.54) is 44.9 Å². The van der Waals surface area contributed by atoms with Crippen LogP contribution >= 0.6 is 11.6 Å². The highest BCUT2D eigenvalue weighted by molar-refractivity contribution is 6.28. The average Bonchev–Trinajstić information content (AvgIpc) is 2.48. The zero-order chi connectivity index (χ0) is 14.7. The normalized spacial score (nSPS) is 21.5. The van der Waals surface area contributed by atoms with Crippen LogP contribution in [-0.2, 0) is 0 Å². The van der Waals surface area contributed by atoms with Crippen LogP contribution in [0.15, 0.2) is 0 Å². The summed E-state index contributed by atoms with van der Waals surface area (Å²) in [6.07, 6.45) is 9.55. The lowest BCUT2D eigenvalue weighted by Crippen LogP contribution is -2.42. The van der Waals surface area contributed by atoms with E-state index in [9.17, 15) is 0 Å². The molecule has 0 unspecified atom stereocenters. The van der Waals surface area contributed by atoms with Gasteiger partial charge in [-0.1, -0.05) is 19.3 Å². The van der Waals surface area contributed by atoms with Crippen molar-refractivity contribution in [2.45, 2.75) is 51.9 Å². The molecule has 0 amide bonds. The Balaban J connectivity index is 1.68. The number of aromatic nitrogens is 3. The molecule has 0 atom stereocenters. The number of halogens is 1. The summed E-state index contributed by atoms with van der Waals surface area (Å²) in [6.45, 7) is 4.87. The van der Waals surface area contributed by atoms with E-state index in [-0.39, 0.29) is 5.28 Å². The fourth-order valence-corrected chi connectivity index (χ4v) is 3.86. The molecule has 2 fully saturated rings. The molecular formula is C15H24ClN5. The highest BCUT2D eigenvalue weighted by Gasteiger charge is 2.36. The van der Waals surface area contributed by atoms with Gasteiger partial charge in [0.05, 0.1) is 0 Å². The van der Waals surface area contributed by atoms with Gasteiger partial charge in [-0.2, -0.15) is 15.0 Å². The first kappa shape index (κ1) is 14.8. The van der Waals surface area contributed by atoms with Crippen molar-refractivity contribution in [2.24, 2.45) is 5.41 Å². The van der Waals surface area contributed by atoms with Gasteiger partial charge in [0.15, 0.2) is 0 Å². The Hall–Kier alpha value is -1.10. The minimum absolute atomic E-state index is 0.272. The molecule has 5 nitrogen and oxygen atoms in total. The van der Waals surface area contributed by atoms with E-state index in [2.05, 4.69) is 25.2 Å². The van der Waals surface area contributed by atoms with E-state index in [0.29, 0.717) is 11.4 Å². The molecule has 6 heteroatoms. The molecule has 116 valence electrons. The van der Waals surface area contributed by atoms with Gasteiger partial charge in [-0.3, -0.25) is 0 Å². The lowest BCUT2D eigenvalue weighted by Gasteiger charge is -2.44. The van der Waals surface area contributed by atoms with Crippen molar-refractivity contribution < 1.29 is 0 Å². The zero-order valence-corrected chi connectivity index (χ0v) is 13.5. The van der Waals surface area contributed by atoms with E-state index in [1.807, 2.05) is 6.92 Å². The fraction of sp³-hybridized carbons (Fsp3) is 0.800. The molecule has 1 aliphatic heterocycles. The van der Waals surface area contributed by atoms with Crippen molar-refractivity contribution in [2.75, 3.05) is 29.9 Å². The van der Waals surface area contributed by atoms with Gasteiger partial charge in [-0.15, -0.1) is 0 Å². The molecule has 1 N–H and O–H groups in total. The van der Waals surface area contributed by atoms with Crippen LogP contribution in [0.2, 0.25) is 5.28 Å². The smallest absolute Gasteiger partial charge is 0.231 e. The quantitative estimate of drug-likeness (QED) is 0.926. The maximum Gasteiger partial charge on any atom is 0.231 e. The van der Waals surface area contributed by atoms with Gasteiger partial charge in [0.25, 0.3) is 0 Å². The molecule has 21 heavy (non-hydrogen) atoms. The Morgan fingerprint density at radius 1 is 1.05 bits per heavy atom. The molecule has 1 aromatic heterocycles. The van der Waals surface area contributed by atoms with Crippen molar-refractivity contribution in [3.05, 3.63) is 5.28 Å². The number of rotatable bonds is 3. The van der Waals surface area contributed by atoms with Crippen LogP contribution in [0.5, 0.6) is 0 Å². The first-order valence-electron chi connectivity index (χ1n) is 8.11. The van der Waals surface area contributed by atoms with Crippen LogP contribution in [0.1, 0.15) is 51.9 Å². The SMILES string of the molecule is CCNc1nc(Cl)nc(N2CCC3(CCCCC3)CC2)n1. The molecule has 1 saturated carbocycles. The molecule has 0 bridgehead atoms. The van der Waals surface area contributed by atoms with E-state index in [4.69, 9.17) is 11.6 Å². The molecule has 2 heterocycles. The standard InChI is InChI=1S/C15H24ClN5/c1-2-17-13-18-12(16)19-14(20-13)21-10-8-15(9-11-21)6-4-3-5-7-15/h2-11H2,1H3,(H,17,18,19,20). The van der Waals surface area contributed by atoms with E-state index in [0.717, 1.165) is 25.6 Å². The number of hydrogen-bond acceptors (Lipinski definition) is 5. The average molecular weight is 310 g/mol. The number of hydrogen-bond donors (Lipinski definition) is 1. The van der Waals surface area contributed by atoms with Gasteiger partial charge in [-0.25, -0.2) is 0 Å². The summed E-state index contributed by atoms with van der Waals surface area (Å²) in [5, 5.41) is 3.38. The Labute approximate surface area is 131 Å². The molecular weight excluding hydrogens is 286 g/mol. The second-order valence-electron chi connectivity index (χ2n) is 6.31. The summed E-state index contributed by atoms with van der Waals surface area (Å²) in [5.74, 6) is 1.29. The Morgan fingerprint density at radius 3 is 2.43 bits per heavy atom. The molecule has 1 saturated heterocycles. The molecule has 1 aliphatic carbocycles. The molecule has 1 spiro atoms. The van der Waals surface area contributed by atoms with Crippen molar-refractivity contribution >= 4 is 23.5 Å². The van der Waals surface area contributed by atoms with Gasteiger partial charge >= 0.3 is 0 Å². The van der Waals surface area contributed by atoms with E-state index in [1.54, 1.807) is 0 Å². The minimum atomic E-state index is 0.272. The molecule has 2 aliphatic rings. The largest absolute Gasteiger partial charge is 0.354 e. The summed E-state index contributed by atoms with van der Waals surface area (Å²) < 4.78 is 0. The summed E-state index contributed by atoms with van der Waals surface area (Å²) >= 11 is 6.02. The van der Waals surface area contributed by atoms with Crippen LogP contribution in [0.4, 0.5) is 11.9 Å². The predicted molar refractivity (Wildman–Crippen MR) is 86.0 cm³/mol. The van der Waals surface area contributed by atoms with Crippen LogP contribution in [0, 0.1) is 5.41 Å². The summed E-state index contributed by atoms with van der Waals surface area (Å²) in [7, 11) is 0. The van der Waals surface area contributed by atoms with Gasteiger partial charge in [0.2, 0.25) is 17.2 Å². The molecule has 0 radical (unpaired) electrons. The Kier molecular flexibility index (Phi) is 4.48. The first-order chi connectivity index (χ1) is 10.2. The fourth-order valence-electron chi connectivity index (χ4n) is 3.70. The maximum atomic E-state index is 6.02.